The van der Waals surface area contributed by atoms with Crippen molar-refractivity contribution < 1.29 is 4.39 Å². The van der Waals surface area contributed by atoms with Crippen LogP contribution in [0.15, 0.2) is 0 Å². The number of halogens is 1. The summed E-state index contributed by atoms with van der Waals surface area (Å²) in [4.78, 5) is 0. The fraction of sp³-hybridized carbons (Fsp3) is 1.00. The topological polar surface area (TPSA) is 52.0 Å². The van der Waals surface area contributed by atoms with Crippen molar-refractivity contribution in [3.63, 3.8) is 0 Å². The Labute approximate surface area is 69.1 Å². The van der Waals surface area contributed by atoms with Crippen LogP contribution in [0.25, 0.3) is 0 Å². The second-order valence-corrected chi connectivity index (χ2v) is 2.30. The number of hydrogen-bond donors (Lipinski definition) is 2. The zero-order chi connectivity index (χ0) is 8.95. The van der Waals surface area contributed by atoms with E-state index in [-0.39, 0.29) is 6.67 Å². The Kier molecular flexibility index (Phi) is 20.1. The maximum absolute atomic E-state index is 11.4. The normalized spacial score (nSPS) is 8.73. The van der Waals surface area contributed by atoms with Crippen LogP contribution in [0.2, 0.25) is 0 Å². The van der Waals surface area contributed by atoms with Crippen molar-refractivity contribution in [2.45, 2.75) is 32.6 Å². The second-order valence-electron chi connectivity index (χ2n) is 2.30. The highest BCUT2D eigenvalue weighted by Gasteiger charge is 1.85. The van der Waals surface area contributed by atoms with E-state index in [4.69, 9.17) is 11.5 Å². The molecule has 0 aliphatic rings. The van der Waals surface area contributed by atoms with Gasteiger partial charge in [-0.15, -0.1) is 0 Å². The largest absolute Gasteiger partial charge is 0.331 e. The molecule has 2 nitrogen and oxygen atoms in total. The Morgan fingerprint density at radius 1 is 1.00 bits per heavy atom. The first-order valence-electron chi connectivity index (χ1n) is 4.29. The van der Waals surface area contributed by atoms with Gasteiger partial charge in [-0.1, -0.05) is 19.8 Å². The highest BCUT2D eigenvalue weighted by atomic mass is 19.1. The van der Waals surface area contributed by atoms with Crippen LogP contribution in [-0.4, -0.2) is 19.8 Å². The smallest absolute Gasteiger partial charge is 0.0894 e. The molecule has 4 N–H and O–H groups in total. The van der Waals surface area contributed by atoms with E-state index in [9.17, 15) is 4.39 Å². The summed E-state index contributed by atoms with van der Waals surface area (Å²) >= 11 is 0. The third kappa shape index (κ3) is 25.8. The molecule has 0 rings (SSSR count). The molecule has 0 aliphatic carbocycles. The lowest BCUT2D eigenvalue weighted by molar-refractivity contribution is 0.454. The standard InChI is InChI=1S/C6H14FN.C2H7N/c7-5-3-1-2-4-6-8;1-2-3/h1-6,8H2;2-3H2,1H3. The zero-order valence-electron chi connectivity index (χ0n) is 7.48. The first kappa shape index (κ1) is 13.4. The summed E-state index contributed by atoms with van der Waals surface area (Å²) in [6.45, 7) is 3.22. The fourth-order valence-electron chi connectivity index (χ4n) is 0.592. The van der Waals surface area contributed by atoms with Gasteiger partial charge in [0.05, 0.1) is 6.67 Å². The molecular formula is C8H21FN2. The first-order chi connectivity index (χ1) is 5.33. The Morgan fingerprint density at radius 2 is 1.45 bits per heavy atom. The molecule has 70 valence electrons. The van der Waals surface area contributed by atoms with Gasteiger partial charge >= 0.3 is 0 Å². The predicted molar refractivity (Wildman–Crippen MR) is 48.2 cm³/mol. The molecule has 0 aromatic carbocycles. The van der Waals surface area contributed by atoms with Crippen LogP contribution in [0.3, 0.4) is 0 Å². The van der Waals surface area contributed by atoms with Gasteiger partial charge in [-0.2, -0.15) is 0 Å². The third-order valence-electron chi connectivity index (χ3n) is 1.09. The molecule has 0 fully saturated rings. The lowest BCUT2D eigenvalue weighted by atomic mass is 10.2. The number of rotatable bonds is 5. The summed E-state index contributed by atoms with van der Waals surface area (Å²) in [5.74, 6) is 0. The summed E-state index contributed by atoms with van der Waals surface area (Å²) in [5, 5.41) is 0. The van der Waals surface area contributed by atoms with Gasteiger partial charge in [0.2, 0.25) is 0 Å². The van der Waals surface area contributed by atoms with Crippen LogP contribution in [0.5, 0.6) is 0 Å². The van der Waals surface area contributed by atoms with E-state index in [2.05, 4.69) is 0 Å². The average Bonchev–Trinajstić information content (AvgIpc) is 2.00. The number of hydrogen-bond acceptors (Lipinski definition) is 2. The van der Waals surface area contributed by atoms with E-state index >= 15 is 0 Å². The van der Waals surface area contributed by atoms with Crippen LogP contribution in [0.4, 0.5) is 4.39 Å². The molecule has 0 amide bonds. The molecule has 0 unspecified atom stereocenters. The molecule has 0 aromatic rings. The minimum atomic E-state index is -0.176. The van der Waals surface area contributed by atoms with E-state index < -0.39 is 0 Å². The number of alkyl halides is 1. The van der Waals surface area contributed by atoms with Crippen LogP contribution in [0, 0.1) is 0 Å². The summed E-state index contributed by atoms with van der Waals surface area (Å²) in [7, 11) is 0. The van der Waals surface area contributed by atoms with Crippen molar-refractivity contribution in [1.82, 2.24) is 0 Å². The van der Waals surface area contributed by atoms with E-state index in [1.165, 1.54) is 0 Å². The van der Waals surface area contributed by atoms with Crippen molar-refractivity contribution in [1.29, 1.82) is 0 Å². The SMILES string of the molecule is CCN.NCCCCCCF. The molecule has 11 heavy (non-hydrogen) atoms. The minimum absolute atomic E-state index is 0.176. The van der Waals surface area contributed by atoms with Gasteiger partial charge in [0.1, 0.15) is 0 Å². The number of unbranched alkanes of at least 4 members (excludes halogenated alkanes) is 3. The second kappa shape index (κ2) is 16.4. The van der Waals surface area contributed by atoms with E-state index in [0.717, 1.165) is 32.4 Å². The molecule has 3 heteroatoms. The lowest BCUT2D eigenvalue weighted by Crippen LogP contribution is -1.97. The van der Waals surface area contributed by atoms with Gasteiger partial charge in [-0.05, 0) is 25.9 Å². The first-order valence-corrected chi connectivity index (χ1v) is 4.29. The van der Waals surface area contributed by atoms with Crippen LogP contribution in [0.1, 0.15) is 32.6 Å². The van der Waals surface area contributed by atoms with Gasteiger partial charge in [0, 0.05) is 0 Å². The number of nitrogens with two attached hydrogens (primary N) is 2. The molecule has 0 saturated carbocycles. The van der Waals surface area contributed by atoms with Gasteiger partial charge < -0.3 is 11.5 Å². The van der Waals surface area contributed by atoms with Crippen molar-refractivity contribution in [2.24, 2.45) is 11.5 Å². The van der Waals surface area contributed by atoms with Gasteiger partial charge in [-0.3, -0.25) is 4.39 Å². The highest BCUT2D eigenvalue weighted by molar-refractivity contribution is 4.41. The van der Waals surface area contributed by atoms with Crippen LogP contribution >= 0.6 is 0 Å². The highest BCUT2D eigenvalue weighted by Crippen LogP contribution is 1.97. The van der Waals surface area contributed by atoms with Crippen molar-refractivity contribution >= 4 is 0 Å². The van der Waals surface area contributed by atoms with Crippen molar-refractivity contribution in [2.75, 3.05) is 19.8 Å². The molecule has 0 atom stereocenters. The molecule has 0 spiro atoms. The molecule has 0 heterocycles. The summed E-state index contributed by atoms with van der Waals surface area (Å²) in [6, 6.07) is 0. The van der Waals surface area contributed by atoms with E-state index in [1.54, 1.807) is 0 Å². The molecular weight excluding hydrogens is 143 g/mol. The minimum Gasteiger partial charge on any atom is -0.331 e. The van der Waals surface area contributed by atoms with Crippen LogP contribution < -0.4 is 11.5 Å². The molecule has 0 saturated heterocycles. The molecule has 0 bridgehead atoms. The fourth-order valence-corrected chi connectivity index (χ4v) is 0.592. The van der Waals surface area contributed by atoms with Gasteiger partial charge in [-0.25, -0.2) is 0 Å². The summed E-state index contributed by atoms with van der Waals surface area (Å²) in [5.41, 5.74) is 10.1. The maximum Gasteiger partial charge on any atom is 0.0894 e. The summed E-state index contributed by atoms with van der Waals surface area (Å²) in [6.07, 6.45) is 3.83. The third-order valence-corrected chi connectivity index (χ3v) is 1.09. The quantitative estimate of drug-likeness (QED) is 0.604. The Hall–Kier alpha value is -0.150. The Balaban J connectivity index is 0. The monoisotopic (exact) mass is 164 g/mol. The van der Waals surface area contributed by atoms with Gasteiger partial charge in [0.25, 0.3) is 0 Å². The van der Waals surface area contributed by atoms with Crippen molar-refractivity contribution in [3.8, 4) is 0 Å². The molecule has 0 aliphatic heterocycles. The van der Waals surface area contributed by atoms with Crippen molar-refractivity contribution in [3.05, 3.63) is 0 Å². The average molecular weight is 164 g/mol. The van der Waals surface area contributed by atoms with Crippen LogP contribution in [-0.2, 0) is 0 Å². The zero-order valence-corrected chi connectivity index (χ0v) is 7.48. The molecule has 0 aromatic heterocycles. The maximum atomic E-state index is 11.4. The molecule has 0 radical (unpaired) electrons. The van der Waals surface area contributed by atoms with E-state index in [1.807, 2.05) is 6.92 Å². The Bertz CT molecular complexity index is 45.4. The Morgan fingerprint density at radius 3 is 1.82 bits per heavy atom. The van der Waals surface area contributed by atoms with Gasteiger partial charge in [0.15, 0.2) is 0 Å². The summed E-state index contributed by atoms with van der Waals surface area (Å²) < 4.78 is 11.4. The van der Waals surface area contributed by atoms with E-state index in [0.29, 0.717) is 6.42 Å². The predicted octanol–water partition coefficient (Wildman–Crippen LogP) is 1.44. The lowest BCUT2D eigenvalue weighted by Gasteiger charge is -1.92.